The number of aromatic nitrogens is 1. The van der Waals surface area contributed by atoms with Crippen LogP contribution < -0.4 is 5.32 Å². The highest BCUT2D eigenvalue weighted by Crippen LogP contribution is 2.33. The van der Waals surface area contributed by atoms with E-state index in [0.29, 0.717) is 22.9 Å². The fourth-order valence-electron chi connectivity index (χ4n) is 3.89. The van der Waals surface area contributed by atoms with Crippen LogP contribution in [0.25, 0.3) is 0 Å². The Morgan fingerprint density at radius 1 is 1.08 bits per heavy atom. The second-order valence-corrected chi connectivity index (χ2v) is 8.54. The van der Waals surface area contributed by atoms with Gasteiger partial charge in [-0.05, 0) is 54.1 Å². The lowest BCUT2D eigenvalue weighted by atomic mass is 10.0. The summed E-state index contributed by atoms with van der Waals surface area (Å²) >= 11 is 6.00. The Labute approximate surface area is 216 Å². The molecule has 2 aromatic carbocycles. The van der Waals surface area contributed by atoms with Crippen LogP contribution in [0.5, 0.6) is 0 Å². The van der Waals surface area contributed by atoms with Gasteiger partial charge in [0.2, 0.25) is 0 Å². The summed E-state index contributed by atoms with van der Waals surface area (Å²) in [5.74, 6) is -1.18. The molecule has 4 aromatic rings. The number of carbonyl (C=O) groups is 2. The largest absolute Gasteiger partial charge is 0.467 e. The van der Waals surface area contributed by atoms with E-state index in [1.807, 2.05) is 12.1 Å². The second-order valence-electron chi connectivity index (χ2n) is 8.11. The normalized spacial score (nSPS) is 14.8. The van der Waals surface area contributed by atoms with E-state index in [1.54, 1.807) is 42.5 Å². The van der Waals surface area contributed by atoms with Gasteiger partial charge in [0.05, 0.1) is 17.7 Å². The Morgan fingerprint density at radius 2 is 1.89 bits per heavy atom. The molecule has 37 heavy (non-hydrogen) atoms. The zero-order valence-corrected chi connectivity index (χ0v) is 20.1. The highest BCUT2D eigenvalue weighted by atomic mass is 35.5. The summed E-state index contributed by atoms with van der Waals surface area (Å²) in [7, 11) is 0. The van der Waals surface area contributed by atoms with Gasteiger partial charge < -0.3 is 14.5 Å². The summed E-state index contributed by atoms with van der Waals surface area (Å²) in [6, 6.07) is 19.1. The fraction of sp³-hybridized carbons (Fsp3) is 0.111. The van der Waals surface area contributed by atoms with E-state index in [-0.39, 0.29) is 17.1 Å². The van der Waals surface area contributed by atoms with Gasteiger partial charge in [-0.1, -0.05) is 35.9 Å². The van der Waals surface area contributed by atoms with Gasteiger partial charge in [0.1, 0.15) is 29.0 Å². The average molecular weight is 519 g/mol. The van der Waals surface area contributed by atoms with Crippen molar-refractivity contribution in [3.05, 3.63) is 113 Å². The molecule has 0 spiro atoms. The zero-order valence-electron chi connectivity index (χ0n) is 19.3. The van der Waals surface area contributed by atoms with Gasteiger partial charge in [-0.2, -0.15) is 5.10 Å². The molecule has 0 radical (unpaired) electrons. The molecule has 0 fully saturated rings. The number of amides is 1. The molecule has 2 aromatic heterocycles. The van der Waals surface area contributed by atoms with Crippen LogP contribution in [0.4, 0.5) is 15.9 Å². The first-order valence-electron chi connectivity index (χ1n) is 11.3. The van der Waals surface area contributed by atoms with Crippen LogP contribution in [-0.4, -0.2) is 34.2 Å². The number of esters is 1. The number of nitrogens with zero attached hydrogens (tertiary/aromatic N) is 3. The van der Waals surface area contributed by atoms with Gasteiger partial charge >= 0.3 is 5.97 Å². The summed E-state index contributed by atoms with van der Waals surface area (Å²) in [5, 5.41) is 9.14. The van der Waals surface area contributed by atoms with Crippen LogP contribution in [0.1, 0.15) is 34.1 Å². The van der Waals surface area contributed by atoms with Crippen LogP contribution in [-0.2, 0) is 9.53 Å². The molecule has 1 aliphatic heterocycles. The van der Waals surface area contributed by atoms with E-state index in [2.05, 4.69) is 15.4 Å². The number of hydrogen-bond acceptors (Lipinski definition) is 7. The molecule has 0 bridgehead atoms. The van der Waals surface area contributed by atoms with Gasteiger partial charge in [0.15, 0.2) is 6.61 Å². The standard InChI is InChI=1S/C27H20ClFN4O4/c28-18-11-9-17(10-12-18)22-15-23(24-8-4-14-36-24)33(32-22)25(34)16-37-27(35)19-5-3-13-30-26(19)31-21-7-2-1-6-20(21)29/h1-14,23H,15-16H2,(H,30,31). The first-order valence-corrected chi connectivity index (χ1v) is 11.7. The molecule has 1 atom stereocenters. The van der Waals surface area contributed by atoms with E-state index in [1.165, 1.54) is 35.7 Å². The summed E-state index contributed by atoms with van der Waals surface area (Å²) in [6.07, 6.45) is 3.38. The number of benzene rings is 2. The summed E-state index contributed by atoms with van der Waals surface area (Å²) < 4.78 is 24.9. The van der Waals surface area contributed by atoms with Crippen LogP contribution in [0.3, 0.4) is 0 Å². The van der Waals surface area contributed by atoms with Crippen molar-refractivity contribution in [1.29, 1.82) is 0 Å². The number of carbonyl (C=O) groups excluding carboxylic acids is 2. The molecular formula is C27H20ClFN4O4. The van der Waals surface area contributed by atoms with Crippen LogP contribution in [0.2, 0.25) is 5.02 Å². The number of furan rings is 1. The number of anilines is 2. The average Bonchev–Trinajstić information content (AvgIpc) is 3.60. The molecule has 0 aliphatic carbocycles. The molecule has 10 heteroatoms. The van der Waals surface area contributed by atoms with Crippen molar-refractivity contribution in [2.75, 3.05) is 11.9 Å². The van der Waals surface area contributed by atoms with Crippen molar-refractivity contribution in [3.8, 4) is 0 Å². The SMILES string of the molecule is O=C(OCC(=O)N1N=C(c2ccc(Cl)cc2)CC1c1ccco1)c1cccnc1Nc1ccccc1F. The Kier molecular flexibility index (Phi) is 6.96. The van der Waals surface area contributed by atoms with Crippen LogP contribution in [0.15, 0.2) is 94.8 Å². The van der Waals surface area contributed by atoms with Crippen molar-refractivity contribution in [2.45, 2.75) is 12.5 Å². The third kappa shape index (κ3) is 5.36. The Balaban J connectivity index is 1.32. The van der Waals surface area contributed by atoms with Gasteiger partial charge in [-0.15, -0.1) is 0 Å². The number of hydrazone groups is 1. The van der Waals surface area contributed by atoms with Crippen molar-refractivity contribution in [2.24, 2.45) is 5.10 Å². The first kappa shape index (κ1) is 24.2. The maximum absolute atomic E-state index is 14.1. The molecule has 5 rings (SSSR count). The quantitative estimate of drug-likeness (QED) is 0.313. The minimum atomic E-state index is -0.795. The molecule has 1 aliphatic rings. The minimum absolute atomic E-state index is 0.0490. The first-order chi connectivity index (χ1) is 18.0. The van der Waals surface area contributed by atoms with Gasteiger partial charge in [-0.25, -0.2) is 19.2 Å². The Hall–Kier alpha value is -4.50. The van der Waals surface area contributed by atoms with E-state index in [9.17, 15) is 14.0 Å². The van der Waals surface area contributed by atoms with Crippen LogP contribution in [0, 0.1) is 5.82 Å². The summed E-state index contributed by atoms with van der Waals surface area (Å²) in [6.45, 7) is -0.568. The summed E-state index contributed by atoms with van der Waals surface area (Å²) in [4.78, 5) is 30.1. The van der Waals surface area contributed by atoms with Gasteiger partial charge in [-0.3, -0.25) is 4.79 Å². The summed E-state index contributed by atoms with van der Waals surface area (Å²) in [5.41, 5.74) is 1.68. The lowest BCUT2D eigenvalue weighted by Crippen LogP contribution is -2.31. The number of halogens is 2. The van der Waals surface area contributed by atoms with Gasteiger partial charge in [0.25, 0.3) is 5.91 Å². The zero-order chi connectivity index (χ0) is 25.8. The Morgan fingerprint density at radius 3 is 2.65 bits per heavy atom. The van der Waals surface area contributed by atoms with E-state index >= 15 is 0 Å². The minimum Gasteiger partial charge on any atom is -0.467 e. The molecule has 3 heterocycles. The van der Waals surface area contributed by atoms with Gasteiger partial charge in [0, 0.05) is 17.6 Å². The maximum Gasteiger partial charge on any atom is 0.342 e. The molecule has 0 saturated carbocycles. The molecule has 0 saturated heterocycles. The van der Waals surface area contributed by atoms with Crippen molar-refractivity contribution < 1.29 is 23.1 Å². The molecule has 1 unspecified atom stereocenters. The van der Waals surface area contributed by atoms with Crippen molar-refractivity contribution >= 4 is 40.7 Å². The number of nitrogens with one attached hydrogen (secondary N) is 1. The molecule has 186 valence electrons. The van der Waals surface area contributed by atoms with Crippen LogP contribution >= 0.6 is 11.6 Å². The highest BCUT2D eigenvalue weighted by Gasteiger charge is 2.35. The lowest BCUT2D eigenvalue weighted by Gasteiger charge is -2.19. The van der Waals surface area contributed by atoms with E-state index in [4.69, 9.17) is 20.8 Å². The third-order valence-corrected chi connectivity index (χ3v) is 5.95. The predicted molar refractivity (Wildman–Crippen MR) is 135 cm³/mol. The number of pyridine rings is 1. The molecule has 1 amide bonds. The smallest absolute Gasteiger partial charge is 0.342 e. The number of rotatable bonds is 7. The van der Waals surface area contributed by atoms with E-state index in [0.717, 1.165) is 5.56 Å². The maximum atomic E-state index is 14.1. The number of ether oxygens (including phenoxy) is 1. The Bertz CT molecular complexity index is 1460. The highest BCUT2D eigenvalue weighted by molar-refractivity contribution is 6.30. The topological polar surface area (TPSA) is 97.0 Å². The second kappa shape index (κ2) is 10.6. The van der Waals surface area contributed by atoms with E-state index < -0.39 is 30.3 Å². The molecule has 1 N–H and O–H groups in total. The van der Waals surface area contributed by atoms with Crippen molar-refractivity contribution in [3.63, 3.8) is 0 Å². The number of para-hydroxylation sites is 1. The molecular weight excluding hydrogens is 499 g/mol. The van der Waals surface area contributed by atoms with Crippen molar-refractivity contribution in [1.82, 2.24) is 9.99 Å². The predicted octanol–water partition coefficient (Wildman–Crippen LogP) is 5.75. The number of hydrogen-bond donors (Lipinski definition) is 1. The lowest BCUT2D eigenvalue weighted by molar-refractivity contribution is -0.136. The third-order valence-electron chi connectivity index (χ3n) is 5.70. The fourth-order valence-corrected chi connectivity index (χ4v) is 4.02. The monoisotopic (exact) mass is 518 g/mol. The molecule has 8 nitrogen and oxygen atoms in total.